The zero-order valence-corrected chi connectivity index (χ0v) is 15.1. The SMILES string of the molecule is C=CC(=O)N1CCC(C)(Nc2cccc(C(F)(P)C(=O)NC)c2)C1. The number of hydrogen-bond acceptors (Lipinski definition) is 3. The van der Waals surface area contributed by atoms with Gasteiger partial charge in [0.25, 0.3) is 5.91 Å². The molecule has 0 aromatic heterocycles. The van der Waals surface area contributed by atoms with Crippen molar-refractivity contribution < 1.29 is 14.0 Å². The summed E-state index contributed by atoms with van der Waals surface area (Å²) in [6.45, 7) is 6.70. The zero-order chi connectivity index (χ0) is 18.0. The van der Waals surface area contributed by atoms with Crippen LogP contribution < -0.4 is 10.6 Å². The van der Waals surface area contributed by atoms with Gasteiger partial charge in [-0.05, 0) is 31.6 Å². The van der Waals surface area contributed by atoms with Gasteiger partial charge < -0.3 is 15.5 Å². The molecule has 0 radical (unpaired) electrons. The molecular formula is C17H23FN3O2P. The van der Waals surface area contributed by atoms with Crippen LogP contribution in [0.25, 0.3) is 0 Å². The lowest BCUT2D eigenvalue weighted by Crippen LogP contribution is -2.39. The number of benzene rings is 1. The summed E-state index contributed by atoms with van der Waals surface area (Å²) in [6, 6.07) is 6.70. The average molecular weight is 351 g/mol. The molecule has 130 valence electrons. The third kappa shape index (κ3) is 3.75. The normalized spacial score (nSPS) is 22.6. The smallest absolute Gasteiger partial charge is 0.265 e. The number of nitrogens with zero attached hydrogens (tertiary/aromatic N) is 1. The largest absolute Gasteiger partial charge is 0.378 e. The van der Waals surface area contributed by atoms with Crippen molar-refractivity contribution in [1.82, 2.24) is 10.2 Å². The lowest BCUT2D eigenvalue weighted by atomic mass is 10.0. The maximum absolute atomic E-state index is 14.7. The molecule has 0 saturated carbocycles. The number of alkyl halides is 1. The number of rotatable bonds is 5. The van der Waals surface area contributed by atoms with Gasteiger partial charge in [-0.15, -0.1) is 0 Å². The molecule has 1 aliphatic heterocycles. The first kappa shape index (κ1) is 18.4. The first-order valence-corrected chi connectivity index (χ1v) is 8.29. The molecule has 24 heavy (non-hydrogen) atoms. The van der Waals surface area contributed by atoms with E-state index in [1.54, 1.807) is 23.1 Å². The molecule has 1 saturated heterocycles. The van der Waals surface area contributed by atoms with Crippen molar-refractivity contribution in [3.63, 3.8) is 0 Å². The van der Waals surface area contributed by atoms with Crippen LogP contribution in [0.1, 0.15) is 18.9 Å². The van der Waals surface area contributed by atoms with E-state index < -0.39 is 11.3 Å². The summed E-state index contributed by atoms with van der Waals surface area (Å²) in [5.41, 5.74) is 0.637. The van der Waals surface area contributed by atoms with Crippen LogP contribution >= 0.6 is 9.24 Å². The molecule has 0 spiro atoms. The van der Waals surface area contributed by atoms with Gasteiger partial charge in [0.05, 0.1) is 5.54 Å². The molecule has 1 aromatic rings. The van der Waals surface area contributed by atoms with E-state index >= 15 is 0 Å². The fraction of sp³-hybridized carbons (Fsp3) is 0.412. The Morgan fingerprint density at radius 2 is 2.21 bits per heavy atom. The standard InChI is InChI=1S/C17H23FN3O2P/c1-4-14(22)21-9-8-16(2,11-21)20-13-7-5-6-12(10-13)17(18,24)15(23)19-3/h4-7,10,20H,1,8-9,11,24H2,2-3H3,(H,19,23). The summed E-state index contributed by atoms with van der Waals surface area (Å²) < 4.78 is 14.7. The van der Waals surface area contributed by atoms with Crippen LogP contribution in [0.15, 0.2) is 36.9 Å². The van der Waals surface area contributed by atoms with E-state index in [0.29, 0.717) is 18.8 Å². The summed E-state index contributed by atoms with van der Waals surface area (Å²) in [7, 11) is 3.35. The monoisotopic (exact) mass is 351 g/mol. The second-order valence-corrected chi connectivity index (χ2v) is 7.07. The van der Waals surface area contributed by atoms with Gasteiger partial charge in [0.2, 0.25) is 11.3 Å². The molecule has 3 atom stereocenters. The maximum Gasteiger partial charge on any atom is 0.265 e. The van der Waals surface area contributed by atoms with Crippen molar-refractivity contribution in [2.24, 2.45) is 0 Å². The summed E-state index contributed by atoms with van der Waals surface area (Å²) >= 11 is 0. The number of carbonyl (C=O) groups excluding carboxylic acids is 2. The second kappa shape index (κ2) is 6.89. The van der Waals surface area contributed by atoms with Crippen LogP contribution in [0.4, 0.5) is 10.1 Å². The quantitative estimate of drug-likeness (QED) is 0.630. The summed E-state index contributed by atoms with van der Waals surface area (Å²) in [5.74, 6) is -0.818. The van der Waals surface area contributed by atoms with Crippen LogP contribution in [0.2, 0.25) is 0 Å². The molecule has 2 rings (SSSR count). The predicted octanol–water partition coefficient (Wildman–Crippen LogP) is 2.02. The highest BCUT2D eigenvalue weighted by molar-refractivity contribution is 7.20. The molecule has 1 fully saturated rings. The Morgan fingerprint density at radius 3 is 2.83 bits per heavy atom. The van der Waals surface area contributed by atoms with E-state index in [2.05, 4.69) is 17.2 Å². The van der Waals surface area contributed by atoms with Gasteiger partial charge in [0.1, 0.15) is 0 Å². The highest BCUT2D eigenvalue weighted by Gasteiger charge is 2.37. The molecule has 5 nitrogen and oxygen atoms in total. The van der Waals surface area contributed by atoms with E-state index in [1.807, 2.05) is 22.2 Å². The third-order valence-electron chi connectivity index (χ3n) is 4.25. The maximum atomic E-state index is 14.7. The van der Waals surface area contributed by atoms with Crippen molar-refractivity contribution in [3.05, 3.63) is 42.5 Å². The first-order chi connectivity index (χ1) is 11.2. The van der Waals surface area contributed by atoms with E-state index in [4.69, 9.17) is 0 Å². The Balaban J connectivity index is 2.17. The average Bonchev–Trinajstić information content (AvgIpc) is 2.95. The van der Waals surface area contributed by atoms with Crippen LogP contribution in [0.5, 0.6) is 0 Å². The van der Waals surface area contributed by atoms with E-state index in [9.17, 15) is 14.0 Å². The molecule has 3 unspecified atom stereocenters. The Morgan fingerprint density at radius 1 is 1.50 bits per heavy atom. The Kier molecular flexibility index (Phi) is 5.29. The van der Waals surface area contributed by atoms with Crippen molar-refractivity contribution in [2.45, 2.75) is 24.3 Å². The summed E-state index contributed by atoms with van der Waals surface area (Å²) in [6.07, 6.45) is 2.08. The lowest BCUT2D eigenvalue weighted by Gasteiger charge is -2.28. The number of hydrogen-bond donors (Lipinski definition) is 2. The minimum Gasteiger partial charge on any atom is -0.378 e. The topological polar surface area (TPSA) is 61.4 Å². The molecule has 1 aromatic carbocycles. The fourth-order valence-electron chi connectivity index (χ4n) is 2.87. The van der Waals surface area contributed by atoms with Gasteiger partial charge in [0, 0.05) is 31.4 Å². The van der Waals surface area contributed by atoms with Crippen molar-refractivity contribution in [3.8, 4) is 0 Å². The minimum atomic E-state index is -2.19. The lowest BCUT2D eigenvalue weighted by molar-refractivity contribution is -0.127. The number of amides is 2. The zero-order valence-electron chi connectivity index (χ0n) is 13.9. The molecule has 2 amide bonds. The van der Waals surface area contributed by atoms with Crippen LogP contribution in [-0.4, -0.2) is 42.4 Å². The molecular weight excluding hydrogens is 328 g/mol. The third-order valence-corrected chi connectivity index (χ3v) is 4.84. The van der Waals surface area contributed by atoms with Gasteiger partial charge in [-0.25, -0.2) is 4.39 Å². The first-order valence-electron chi connectivity index (χ1n) is 7.72. The number of carbonyl (C=O) groups is 2. The van der Waals surface area contributed by atoms with Crippen LogP contribution in [0.3, 0.4) is 0 Å². The van der Waals surface area contributed by atoms with E-state index in [0.717, 1.165) is 6.42 Å². The number of halogens is 1. The molecule has 0 bridgehead atoms. The van der Waals surface area contributed by atoms with Gasteiger partial charge in [-0.3, -0.25) is 9.59 Å². The summed E-state index contributed by atoms with van der Waals surface area (Å²) in [4.78, 5) is 25.2. The van der Waals surface area contributed by atoms with E-state index in [-0.39, 0.29) is 17.0 Å². The van der Waals surface area contributed by atoms with Gasteiger partial charge in [0.15, 0.2) is 0 Å². The number of likely N-dealkylation sites (N-methyl/N-ethyl adjacent to an activating group) is 1. The molecule has 2 N–H and O–H groups in total. The van der Waals surface area contributed by atoms with E-state index in [1.165, 1.54) is 13.1 Å². The number of likely N-dealkylation sites (tertiary alicyclic amines) is 1. The Labute approximate surface area is 143 Å². The number of nitrogens with one attached hydrogen (secondary N) is 2. The van der Waals surface area contributed by atoms with Gasteiger partial charge in [-0.1, -0.05) is 28.0 Å². The van der Waals surface area contributed by atoms with Crippen molar-refractivity contribution in [2.75, 3.05) is 25.5 Å². The Hall–Kier alpha value is -1.94. The molecule has 0 aliphatic carbocycles. The van der Waals surface area contributed by atoms with Crippen LogP contribution in [0, 0.1) is 0 Å². The predicted molar refractivity (Wildman–Crippen MR) is 96.4 cm³/mol. The molecule has 1 heterocycles. The fourth-order valence-corrected chi connectivity index (χ4v) is 3.19. The molecule has 7 heteroatoms. The van der Waals surface area contributed by atoms with Gasteiger partial charge >= 0.3 is 0 Å². The highest BCUT2D eigenvalue weighted by atomic mass is 31.0. The second-order valence-electron chi connectivity index (χ2n) is 6.27. The Bertz CT molecular complexity index is 665. The summed E-state index contributed by atoms with van der Waals surface area (Å²) in [5, 5.41) is 3.49. The number of anilines is 1. The van der Waals surface area contributed by atoms with Crippen LogP contribution in [-0.2, 0) is 15.0 Å². The molecule has 1 aliphatic rings. The van der Waals surface area contributed by atoms with Crippen molar-refractivity contribution in [1.29, 1.82) is 0 Å². The van der Waals surface area contributed by atoms with Gasteiger partial charge in [-0.2, -0.15) is 0 Å². The minimum absolute atomic E-state index is 0.0957. The van der Waals surface area contributed by atoms with Crippen molar-refractivity contribution >= 4 is 26.7 Å². The highest BCUT2D eigenvalue weighted by Crippen LogP contribution is 2.35.